The Morgan fingerprint density at radius 3 is 2.35 bits per heavy atom. The quantitative estimate of drug-likeness (QED) is 0.151. The molecule has 0 atom stereocenters. The molecule has 43 heavy (non-hydrogen) atoms. The first-order chi connectivity index (χ1) is 20.5. The van der Waals surface area contributed by atoms with Gasteiger partial charge in [-0.05, 0) is 64.7 Å². The lowest BCUT2D eigenvalue weighted by Crippen LogP contribution is -2.27. The highest BCUT2D eigenvalue weighted by atomic mass is 32.1. The van der Waals surface area contributed by atoms with Crippen LogP contribution in [0.3, 0.4) is 0 Å². The lowest BCUT2D eigenvalue weighted by Gasteiger charge is -2.12. The van der Waals surface area contributed by atoms with Gasteiger partial charge in [0.15, 0.2) is 0 Å². The van der Waals surface area contributed by atoms with E-state index in [0.29, 0.717) is 49.0 Å². The van der Waals surface area contributed by atoms with Crippen molar-refractivity contribution in [1.82, 2.24) is 25.5 Å². The predicted octanol–water partition coefficient (Wildman–Crippen LogP) is 6.42. The van der Waals surface area contributed by atoms with Crippen LogP contribution in [0.5, 0.6) is 0 Å². The summed E-state index contributed by atoms with van der Waals surface area (Å²) in [6.45, 7) is 7.40. The Bertz CT molecular complexity index is 1390. The van der Waals surface area contributed by atoms with Gasteiger partial charge in [-0.15, -0.1) is 11.3 Å². The second kappa shape index (κ2) is 18.6. The van der Waals surface area contributed by atoms with E-state index in [1.165, 1.54) is 28.9 Å². The average molecular weight is 610 g/mol. The zero-order valence-electron chi connectivity index (χ0n) is 25.4. The molecule has 7 nitrogen and oxygen atoms in total. The van der Waals surface area contributed by atoms with Crippen molar-refractivity contribution in [3.63, 3.8) is 0 Å². The third kappa shape index (κ3) is 14.7. The van der Waals surface area contributed by atoms with Crippen molar-refractivity contribution in [2.45, 2.75) is 46.2 Å². The van der Waals surface area contributed by atoms with Gasteiger partial charge in [0, 0.05) is 66.7 Å². The predicted molar refractivity (Wildman–Crippen MR) is 170 cm³/mol. The molecular formula is C33H41F2N5O2S. The minimum absolute atomic E-state index is 0.110. The molecule has 2 heterocycles. The van der Waals surface area contributed by atoms with Gasteiger partial charge in [0.05, 0.1) is 0 Å². The number of nitrogens with zero attached hydrogens (tertiary/aromatic N) is 3. The number of aryl methyl sites for hydroxylation is 2. The minimum Gasteiger partial charge on any atom is -0.352 e. The summed E-state index contributed by atoms with van der Waals surface area (Å²) in [4.78, 5) is 33.0. The standard InChI is InChI=1S/C19H21F2N3O2.C7H12N2S.C7H8/c1-19(20,21)17-9-15(11-23-12-17)10-22-6-3-7-24-18(26)16-5-2-4-14(8-16)13-25;1-6-5-10-7(8-6)4-9(2)3;1-7-5-3-2-4-6-7/h2,4-5,8-9,11-13,22H,3,6-7,10H2,1H3,(H,24,26);5H,4H2,1-3H3;2-6H,1H3. The van der Waals surface area contributed by atoms with Crippen LogP contribution in [0, 0.1) is 13.8 Å². The van der Waals surface area contributed by atoms with E-state index in [0.717, 1.165) is 19.2 Å². The van der Waals surface area contributed by atoms with Crippen molar-refractivity contribution in [1.29, 1.82) is 0 Å². The molecule has 0 fully saturated rings. The number of aromatic nitrogens is 2. The number of benzene rings is 2. The maximum atomic E-state index is 13.3. The molecule has 230 valence electrons. The molecule has 0 aliphatic heterocycles. The number of thiazole rings is 1. The molecular weight excluding hydrogens is 568 g/mol. The molecule has 10 heteroatoms. The lowest BCUT2D eigenvalue weighted by atomic mass is 10.1. The second-order valence-corrected chi connectivity index (χ2v) is 11.2. The number of carbonyl (C=O) groups excluding carboxylic acids is 2. The summed E-state index contributed by atoms with van der Waals surface area (Å²) in [6, 6.07) is 18.2. The third-order valence-corrected chi connectivity index (χ3v) is 6.74. The molecule has 4 rings (SSSR count). The van der Waals surface area contributed by atoms with E-state index in [2.05, 4.69) is 64.0 Å². The smallest absolute Gasteiger partial charge is 0.272 e. The normalized spacial score (nSPS) is 10.7. The summed E-state index contributed by atoms with van der Waals surface area (Å²) in [5, 5.41) is 9.18. The van der Waals surface area contributed by atoms with E-state index >= 15 is 0 Å². The van der Waals surface area contributed by atoms with Gasteiger partial charge in [0.25, 0.3) is 11.8 Å². The van der Waals surface area contributed by atoms with Crippen molar-refractivity contribution in [2.75, 3.05) is 27.2 Å². The maximum absolute atomic E-state index is 13.3. The highest BCUT2D eigenvalue weighted by molar-refractivity contribution is 7.09. The minimum atomic E-state index is -2.91. The third-order valence-electron chi connectivity index (χ3n) is 5.79. The Balaban J connectivity index is 0.000000306. The highest BCUT2D eigenvalue weighted by Crippen LogP contribution is 2.26. The Hall–Kier alpha value is -3.86. The fourth-order valence-corrected chi connectivity index (χ4v) is 4.50. The van der Waals surface area contributed by atoms with E-state index in [-0.39, 0.29) is 11.5 Å². The fraction of sp³-hybridized carbons (Fsp3) is 0.333. The van der Waals surface area contributed by atoms with Crippen LogP contribution >= 0.6 is 11.3 Å². The Kier molecular flexibility index (Phi) is 15.3. The number of pyridine rings is 1. The summed E-state index contributed by atoms with van der Waals surface area (Å²) >= 11 is 1.73. The molecule has 2 N–H and O–H groups in total. The van der Waals surface area contributed by atoms with Gasteiger partial charge in [-0.25, -0.2) is 13.8 Å². The van der Waals surface area contributed by atoms with Crippen molar-refractivity contribution < 1.29 is 18.4 Å². The van der Waals surface area contributed by atoms with Gasteiger partial charge in [0.1, 0.15) is 11.3 Å². The highest BCUT2D eigenvalue weighted by Gasteiger charge is 2.24. The molecule has 0 aliphatic rings. The monoisotopic (exact) mass is 609 g/mol. The van der Waals surface area contributed by atoms with Crippen molar-refractivity contribution in [3.8, 4) is 0 Å². The molecule has 0 spiro atoms. The Morgan fingerprint density at radius 2 is 1.77 bits per heavy atom. The van der Waals surface area contributed by atoms with Crippen molar-refractivity contribution in [3.05, 3.63) is 117 Å². The summed E-state index contributed by atoms with van der Waals surface area (Å²) in [6.07, 6.45) is 4.08. The number of nitrogens with one attached hydrogen (secondary N) is 2. The molecule has 0 bridgehead atoms. The van der Waals surface area contributed by atoms with Crippen LogP contribution in [-0.4, -0.2) is 54.2 Å². The molecule has 0 radical (unpaired) electrons. The van der Waals surface area contributed by atoms with Gasteiger partial charge >= 0.3 is 0 Å². The summed E-state index contributed by atoms with van der Waals surface area (Å²) < 4.78 is 26.5. The van der Waals surface area contributed by atoms with Gasteiger partial charge in [-0.1, -0.05) is 48.0 Å². The number of hydrogen-bond acceptors (Lipinski definition) is 7. The first-order valence-corrected chi connectivity index (χ1v) is 14.8. The summed E-state index contributed by atoms with van der Waals surface area (Å²) in [5.41, 5.74) is 3.91. The molecule has 2 aromatic heterocycles. The Morgan fingerprint density at radius 1 is 1.02 bits per heavy atom. The first-order valence-electron chi connectivity index (χ1n) is 13.9. The second-order valence-electron chi connectivity index (χ2n) is 10.3. The number of halogens is 2. The van der Waals surface area contributed by atoms with Gasteiger partial charge in [0.2, 0.25) is 0 Å². The first kappa shape index (κ1) is 35.3. The number of alkyl halides is 2. The van der Waals surface area contributed by atoms with E-state index in [9.17, 15) is 18.4 Å². The zero-order chi connectivity index (χ0) is 31.7. The average Bonchev–Trinajstić information content (AvgIpc) is 3.39. The molecule has 2 aromatic carbocycles. The van der Waals surface area contributed by atoms with Gasteiger partial charge in [-0.2, -0.15) is 0 Å². The van der Waals surface area contributed by atoms with E-state index < -0.39 is 5.92 Å². The summed E-state index contributed by atoms with van der Waals surface area (Å²) in [7, 11) is 4.10. The topological polar surface area (TPSA) is 87.2 Å². The largest absolute Gasteiger partial charge is 0.352 e. The van der Waals surface area contributed by atoms with Crippen LogP contribution in [0.2, 0.25) is 0 Å². The molecule has 0 saturated carbocycles. The number of carbonyl (C=O) groups is 2. The van der Waals surface area contributed by atoms with Crippen LogP contribution < -0.4 is 10.6 Å². The van der Waals surface area contributed by atoms with Crippen molar-refractivity contribution in [2.24, 2.45) is 0 Å². The molecule has 0 unspecified atom stereocenters. The van der Waals surface area contributed by atoms with Crippen LogP contribution in [0.4, 0.5) is 8.78 Å². The maximum Gasteiger partial charge on any atom is 0.272 e. The lowest BCUT2D eigenvalue weighted by molar-refractivity contribution is 0.0170. The van der Waals surface area contributed by atoms with Gasteiger partial charge in [-0.3, -0.25) is 14.6 Å². The van der Waals surface area contributed by atoms with E-state index in [1.54, 1.807) is 35.7 Å². The zero-order valence-corrected chi connectivity index (χ0v) is 26.3. The number of amides is 1. The molecule has 1 amide bonds. The number of rotatable bonds is 11. The molecule has 0 aliphatic carbocycles. The van der Waals surface area contributed by atoms with E-state index in [4.69, 9.17) is 0 Å². The van der Waals surface area contributed by atoms with Gasteiger partial charge < -0.3 is 15.5 Å². The van der Waals surface area contributed by atoms with Crippen LogP contribution in [-0.2, 0) is 19.0 Å². The number of aldehydes is 1. The van der Waals surface area contributed by atoms with Crippen LogP contribution in [0.1, 0.15) is 61.5 Å². The fourth-order valence-electron chi connectivity index (χ4n) is 3.61. The Labute approximate surface area is 257 Å². The SMILES string of the molecule is CC(F)(F)c1cncc(CNCCCNC(=O)c2cccc(C=O)c2)c1.Cc1ccccc1.Cc1csc(CN(C)C)n1. The summed E-state index contributed by atoms with van der Waals surface area (Å²) in [5.74, 6) is -3.15. The van der Waals surface area contributed by atoms with Crippen molar-refractivity contribution >= 4 is 23.5 Å². The van der Waals surface area contributed by atoms with Crippen LogP contribution in [0.15, 0.2) is 78.4 Å². The van der Waals surface area contributed by atoms with Crippen LogP contribution in [0.25, 0.3) is 0 Å². The van der Waals surface area contributed by atoms with E-state index in [1.807, 2.05) is 25.1 Å². The number of hydrogen-bond donors (Lipinski definition) is 2. The molecule has 0 saturated heterocycles. The molecule has 4 aromatic rings.